The Kier molecular flexibility index (Phi) is 4.77. The zero-order valence-corrected chi connectivity index (χ0v) is 12.2. The summed E-state index contributed by atoms with van der Waals surface area (Å²) in [5.74, 6) is 0. The summed E-state index contributed by atoms with van der Waals surface area (Å²) in [6, 6.07) is 0. The van der Waals surface area contributed by atoms with Crippen LogP contribution in [-0.2, 0) is 6.54 Å². The average Bonchev–Trinajstić information content (AvgIpc) is 2.87. The second kappa shape index (κ2) is 6.35. The molecule has 0 spiro atoms. The molecule has 19 heavy (non-hydrogen) atoms. The second-order valence-corrected chi connectivity index (χ2v) is 5.79. The summed E-state index contributed by atoms with van der Waals surface area (Å²) in [4.78, 5) is 2.41. The summed E-state index contributed by atoms with van der Waals surface area (Å²) in [6.07, 6.45) is 12.3. The topological polar surface area (TPSA) is 33.1 Å². The lowest BCUT2D eigenvalue weighted by Crippen LogP contribution is -2.52. The Morgan fingerprint density at radius 1 is 1.42 bits per heavy atom. The molecule has 1 aliphatic rings. The first-order valence-corrected chi connectivity index (χ1v) is 7.20. The number of aromatic nitrogens is 2. The van der Waals surface area contributed by atoms with Gasteiger partial charge in [0, 0.05) is 36.6 Å². The maximum Gasteiger partial charge on any atom is 0.0538 e. The van der Waals surface area contributed by atoms with Crippen molar-refractivity contribution >= 4 is 6.20 Å². The van der Waals surface area contributed by atoms with Crippen molar-refractivity contribution in [1.29, 1.82) is 0 Å². The fourth-order valence-corrected chi connectivity index (χ4v) is 3.00. The number of nitrogens with one attached hydrogen (secondary N) is 1. The molecule has 1 aromatic rings. The van der Waals surface area contributed by atoms with Gasteiger partial charge in [0.2, 0.25) is 0 Å². The largest absolute Gasteiger partial charge is 0.311 e. The van der Waals surface area contributed by atoms with E-state index < -0.39 is 0 Å². The maximum atomic E-state index is 4.20. The van der Waals surface area contributed by atoms with Crippen LogP contribution in [0.3, 0.4) is 0 Å². The van der Waals surface area contributed by atoms with E-state index in [2.05, 4.69) is 36.0 Å². The first-order valence-electron chi connectivity index (χ1n) is 7.20. The summed E-state index contributed by atoms with van der Waals surface area (Å²) < 4.78 is 1.75. The van der Waals surface area contributed by atoms with Crippen molar-refractivity contribution in [1.82, 2.24) is 20.0 Å². The molecule has 1 saturated carbocycles. The highest BCUT2D eigenvalue weighted by Crippen LogP contribution is 2.31. The van der Waals surface area contributed by atoms with Crippen LogP contribution in [-0.4, -0.2) is 40.9 Å². The number of nitrogens with zero attached hydrogens (tertiary/aromatic N) is 3. The number of rotatable bonds is 6. The minimum absolute atomic E-state index is 0.340. The number of hydrogen-bond acceptors (Lipinski definition) is 3. The molecular weight excluding hydrogens is 236 g/mol. The van der Waals surface area contributed by atoms with Gasteiger partial charge < -0.3 is 10.2 Å². The molecule has 0 bridgehead atoms. The van der Waals surface area contributed by atoms with Crippen LogP contribution in [0.4, 0.5) is 0 Å². The van der Waals surface area contributed by atoms with Crippen molar-refractivity contribution in [2.24, 2.45) is 0 Å². The van der Waals surface area contributed by atoms with Crippen LogP contribution in [0, 0.1) is 0 Å². The van der Waals surface area contributed by atoms with Gasteiger partial charge in [0.25, 0.3) is 0 Å². The van der Waals surface area contributed by atoms with Crippen molar-refractivity contribution in [3.05, 3.63) is 24.5 Å². The van der Waals surface area contributed by atoms with Gasteiger partial charge in [-0.15, -0.1) is 0 Å². The maximum absolute atomic E-state index is 4.20. The number of hydrogen-bond donors (Lipinski definition) is 1. The van der Waals surface area contributed by atoms with Crippen molar-refractivity contribution in [2.45, 2.75) is 44.2 Å². The Morgan fingerprint density at radius 3 is 2.74 bits per heavy atom. The van der Waals surface area contributed by atoms with E-state index in [0.717, 1.165) is 13.1 Å². The number of likely N-dealkylation sites (N-methyl/N-ethyl adjacent to an activating group) is 1. The van der Waals surface area contributed by atoms with E-state index in [1.165, 1.54) is 37.7 Å². The molecule has 2 rings (SSSR count). The summed E-state index contributed by atoms with van der Waals surface area (Å²) >= 11 is 0. The average molecular weight is 262 g/mol. The SMILES string of the molecule is C=Cn1cc(CNCC2(N(C)C)CCCCC2)cn1. The molecule has 1 fully saturated rings. The van der Waals surface area contributed by atoms with Crippen LogP contribution >= 0.6 is 0 Å². The van der Waals surface area contributed by atoms with Crippen LogP contribution in [0.2, 0.25) is 0 Å². The molecule has 1 aliphatic carbocycles. The highest BCUT2D eigenvalue weighted by atomic mass is 15.2. The molecule has 4 nitrogen and oxygen atoms in total. The Labute approximate surface area is 116 Å². The molecule has 0 atom stereocenters. The third-order valence-corrected chi connectivity index (χ3v) is 4.36. The summed E-state index contributed by atoms with van der Waals surface area (Å²) in [6.45, 7) is 5.64. The third kappa shape index (κ3) is 3.45. The molecule has 0 aromatic carbocycles. The fourth-order valence-electron chi connectivity index (χ4n) is 3.00. The molecule has 1 N–H and O–H groups in total. The second-order valence-electron chi connectivity index (χ2n) is 5.79. The van der Waals surface area contributed by atoms with Crippen molar-refractivity contribution in [2.75, 3.05) is 20.6 Å². The summed E-state index contributed by atoms with van der Waals surface area (Å²) in [5.41, 5.74) is 1.55. The Morgan fingerprint density at radius 2 is 2.16 bits per heavy atom. The van der Waals surface area contributed by atoms with Gasteiger partial charge in [-0.3, -0.25) is 0 Å². The summed E-state index contributed by atoms with van der Waals surface area (Å²) in [7, 11) is 4.42. The standard InChI is InChI=1S/C15H26N4/c1-4-19-12-14(11-17-19)10-16-13-15(18(2)3)8-6-5-7-9-15/h4,11-12,16H,1,5-10,13H2,2-3H3. The van der Waals surface area contributed by atoms with Crippen LogP contribution in [0.25, 0.3) is 6.20 Å². The lowest BCUT2D eigenvalue weighted by atomic mass is 9.80. The third-order valence-electron chi connectivity index (χ3n) is 4.36. The molecule has 0 unspecified atom stereocenters. The first-order chi connectivity index (χ1) is 9.16. The van der Waals surface area contributed by atoms with E-state index in [9.17, 15) is 0 Å². The van der Waals surface area contributed by atoms with Gasteiger partial charge >= 0.3 is 0 Å². The van der Waals surface area contributed by atoms with Crippen molar-refractivity contribution in [3.63, 3.8) is 0 Å². The molecule has 0 radical (unpaired) electrons. The zero-order chi connectivity index (χ0) is 13.7. The molecule has 1 heterocycles. The van der Waals surface area contributed by atoms with E-state index in [0.29, 0.717) is 5.54 Å². The molecule has 1 aromatic heterocycles. The highest BCUT2D eigenvalue weighted by molar-refractivity contribution is 5.17. The van der Waals surface area contributed by atoms with Crippen LogP contribution in [0.1, 0.15) is 37.7 Å². The van der Waals surface area contributed by atoms with Gasteiger partial charge in [0.15, 0.2) is 0 Å². The molecule has 0 aliphatic heterocycles. The van der Waals surface area contributed by atoms with Gasteiger partial charge in [-0.25, -0.2) is 4.68 Å². The van der Waals surface area contributed by atoms with Gasteiger partial charge in [0.05, 0.1) is 6.20 Å². The predicted octanol–water partition coefficient (Wildman–Crippen LogP) is 2.34. The van der Waals surface area contributed by atoms with E-state index in [-0.39, 0.29) is 0 Å². The predicted molar refractivity (Wildman–Crippen MR) is 79.8 cm³/mol. The Bertz CT molecular complexity index is 402. The van der Waals surface area contributed by atoms with Crippen molar-refractivity contribution < 1.29 is 0 Å². The van der Waals surface area contributed by atoms with Crippen molar-refractivity contribution in [3.8, 4) is 0 Å². The first kappa shape index (κ1) is 14.3. The minimum Gasteiger partial charge on any atom is -0.311 e. The quantitative estimate of drug-likeness (QED) is 0.854. The fraction of sp³-hybridized carbons (Fsp3) is 0.667. The normalized spacial score (nSPS) is 18.7. The Balaban J connectivity index is 1.87. The van der Waals surface area contributed by atoms with Crippen LogP contribution in [0.15, 0.2) is 19.0 Å². The Hall–Kier alpha value is -1.13. The lowest BCUT2D eigenvalue weighted by Gasteiger charge is -2.43. The van der Waals surface area contributed by atoms with E-state index >= 15 is 0 Å². The molecule has 0 amide bonds. The minimum atomic E-state index is 0.340. The lowest BCUT2D eigenvalue weighted by molar-refractivity contribution is 0.0984. The monoisotopic (exact) mass is 262 g/mol. The highest BCUT2D eigenvalue weighted by Gasteiger charge is 2.33. The van der Waals surface area contributed by atoms with E-state index in [1.54, 1.807) is 10.9 Å². The zero-order valence-electron chi connectivity index (χ0n) is 12.2. The van der Waals surface area contributed by atoms with Crippen LogP contribution in [0.5, 0.6) is 0 Å². The van der Waals surface area contributed by atoms with Gasteiger partial charge in [0.1, 0.15) is 0 Å². The smallest absolute Gasteiger partial charge is 0.0538 e. The molecular formula is C15H26N4. The summed E-state index contributed by atoms with van der Waals surface area (Å²) in [5, 5.41) is 7.80. The van der Waals surface area contributed by atoms with Gasteiger partial charge in [-0.05, 0) is 26.9 Å². The van der Waals surface area contributed by atoms with E-state index in [4.69, 9.17) is 0 Å². The molecule has 0 saturated heterocycles. The molecule has 4 heteroatoms. The van der Waals surface area contributed by atoms with Crippen LogP contribution < -0.4 is 5.32 Å². The molecule has 106 valence electrons. The van der Waals surface area contributed by atoms with Gasteiger partial charge in [-0.2, -0.15) is 5.10 Å². The van der Waals surface area contributed by atoms with Gasteiger partial charge in [-0.1, -0.05) is 25.8 Å². The van der Waals surface area contributed by atoms with E-state index in [1.807, 2.05) is 12.4 Å².